The first kappa shape index (κ1) is 22.5. The summed E-state index contributed by atoms with van der Waals surface area (Å²) >= 11 is 0. The summed E-state index contributed by atoms with van der Waals surface area (Å²) in [5.74, 6) is -1.64. The van der Waals surface area contributed by atoms with Gasteiger partial charge in [-0.15, -0.1) is 0 Å². The molecular formula is C13H24O6. The average Bonchev–Trinajstić information content (AvgIpc) is 2.38. The van der Waals surface area contributed by atoms with Crippen molar-refractivity contribution in [1.29, 1.82) is 0 Å². The van der Waals surface area contributed by atoms with Crippen molar-refractivity contribution in [3.63, 3.8) is 0 Å². The van der Waals surface area contributed by atoms with Gasteiger partial charge in [0.15, 0.2) is 0 Å². The zero-order valence-electron chi connectivity index (χ0n) is 11.7. The largest absolute Gasteiger partial charge is 0.478 e. The Hall–Kier alpha value is -1.66. The Morgan fingerprint density at radius 1 is 1.05 bits per heavy atom. The van der Waals surface area contributed by atoms with Gasteiger partial charge in [-0.2, -0.15) is 0 Å². The summed E-state index contributed by atoms with van der Waals surface area (Å²) in [7, 11) is 0. The van der Waals surface area contributed by atoms with E-state index in [1.54, 1.807) is 0 Å². The second kappa shape index (κ2) is 12.8. The molecule has 0 bridgehead atoms. The average molecular weight is 276 g/mol. The van der Waals surface area contributed by atoms with Gasteiger partial charge < -0.3 is 20.4 Å². The van der Waals surface area contributed by atoms with Crippen LogP contribution in [0, 0.1) is 11.3 Å². The smallest absolute Gasteiger partial charge is 0.327 e. The molecular weight excluding hydrogens is 252 g/mol. The Kier molecular flexibility index (Phi) is 15.2. The van der Waals surface area contributed by atoms with E-state index in [0.717, 1.165) is 12.2 Å². The van der Waals surface area contributed by atoms with Gasteiger partial charge in [-0.1, -0.05) is 33.9 Å². The molecule has 19 heavy (non-hydrogen) atoms. The van der Waals surface area contributed by atoms with Crippen molar-refractivity contribution in [2.24, 2.45) is 11.3 Å². The van der Waals surface area contributed by atoms with Gasteiger partial charge in [0, 0.05) is 17.6 Å². The zero-order chi connectivity index (χ0) is 16.1. The minimum atomic E-state index is -0.981. The summed E-state index contributed by atoms with van der Waals surface area (Å²) in [6.45, 7) is 11.9. The van der Waals surface area contributed by atoms with Gasteiger partial charge in [0.25, 0.3) is 0 Å². The molecule has 4 N–H and O–H groups in total. The minimum Gasteiger partial charge on any atom is -0.478 e. The van der Waals surface area contributed by atoms with Crippen molar-refractivity contribution in [3.8, 4) is 0 Å². The van der Waals surface area contributed by atoms with E-state index in [9.17, 15) is 9.59 Å². The quantitative estimate of drug-likeness (QED) is 0.560. The highest BCUT2D eigenvalue weighted by Crippen LogP contribution is 2.24. The summed E-state index contributed by atoms with van der Waals surface area (Å²) in [5, 5.41) is 32.8. The number of aliphatic hydroxyl groups is 2. The van der Waals surface area contributed by atoms with Crippen molar-refractivity contribution in [3.05, 3.63) is 25.3 Å². The van der Waals surface area contributed by atoms with E-state index >= 15 is 0 Å². The molecule has 0 rings (SSSR count). The third kappa shape index (κ3) is 16.3. The molecule has 0 aliphatic carbocycles. The van der Waals surface area contributed by atoms with Crippen LogP contribution in [0.25, 0.3) is 0 Å². The van der Waals surface area contributed by atoms with E-state index in [1.165, 1.54) is 0 Å². The molecule has 0 spiro atoms. The normalized spacial score (nSPS) is 9.37. The van der Waals surface area contributed by atoms with Crippen LogP contribution in [0.5, 0.6) is 0 Å². The Morgan fingerprint density at radius 3 is 1.26 bits per heavy atom. The van der Waals surface area contributed by atoms with E-state index in [-0.39, 0.29) is 18.6 Å². The number of hydrogen-bond donors (Lipinski definition) is 4. The van der Waals surface area contributed by atoms with Crippen molar-refractivity contribution < 1.29 is 30.0 Å². The van der Waals surface area contributed by atoms with Crippen LogP contribution in [0.4, 0.5) is 0 Å². The predicted octanol–water partition coefficient (Wildman–Crippen LogP) is 1.15. The molecule has 0 atom stereocenters. The van der Waals surface area contributed by atoms with E-state index < -0.39 is 11.9 Å². The first-order valence-corrected chi connectivity index (χ1v) is 5.53. The summed E-state index contributed by atoms with van der Waals surface area (Å²) in [4.78, 5) is 18.5. The molecule has 6 heteroatoms. The standard InChI is InChI=1S/C7H16O2.2C3H4O2/c1-6(2)7(3,4-8)5-9;2*1-2-3(4)5/h6,8-9H,4-5H2,1-3H3;2*2H,1H2,(H,4,5). The van der Waals surface area contributed by atoms with Crippen LogP contribution in [0.3, 0.4) is 0 Å². The number of carbonyl (C=O) groups is 2. The molecule has 0 heterocycles. The molecule has 0 aliphatic heterocycles. The highest BCUT2D eigenvalue weighted by Gasteiger charge is 2.25. The van der Waals surface area contributed by atoms with Gasteiger partial charge >= 0.3 is 11.9 Å². The van der Waals surface area contributed by atoms with Gasteiger partial charge in [-0.25, -0.2) is 9.59 Å². The lowest BCUT2D eigenvalue weighted by Gasteiger charge is -2.28. The first-order valence-electron chi connectivity index (χ1n) is 5.53. The lowest BCUT2D eigenvalue weighted by atomic mass is 9.81. The maximum atomic E-state index is 9.25. The van der Waals surface area contributed by atoms with Gasteiger partial charge in [-0.3, -0.25) is 0 Å². The highest BCUT2D eigenvalue weighted by molar-refractivity contribution is 5.79. The number of carboxylic acids is 2. The third-order valence-electron chi connectivity index (χ3n) is 2.47. The van der Waals surface area contributed by atoms with Crippen LogP contribution in [0.15, 0.2) is 25.3 Å². The van der Waals surface area contributed by atoms with Gasteiger partial charge in [-0.05, 0) is 5.92 Å². The Bertz CT molecular complexity index is 261. The van der Waals surface area contributed by atoms with Crippen LogP contribution in [0.1, 0.15) is 20.8 Å². The first-order chi connectivity index (χ1) is 8.60. The maximum absolute atomic E-state index is 9.25. The van der Waals surface area contributed by atoms with E-state index in [0.29, 0.717) is 5.92 Å². The van der Waals surface area contributed by atoms with E-state index in [1.807, 2.05) is 20.8 Å². The molecule has 112 valence electrons. The molecule has 0 aromatic carbocycles. The highest BCUT2D eigenvalue weighted by atomic mass is 16.4. The fraction of sp³-hybridized carbons (Fsp3) is 0.538. The molecule has 0 unspecified atom stereocenters. The Morgan fingerprint density at radius 2 is 1.26 bits per heavy atom. The molecule has 0 saturated carbocycles. The minimum absolute atomic E-state index is 0.0567. The van der Waals surface area contributed by atoms with Gasteiger partial charge in [0.05, 0.1) is 13.2 Å². The molecule has 6 nitrogen and oxygen atoms in total. The van der Waals surface area contributed by atoms with Crippen LogP contribution >= 0.6 is 0 Å². The molecule has 0 radical (unpaired) electrons. The summed E-state index contributed by atoms with van der Waals surface area (Å²) in [6.07, 6.45) is 1.67. The lowest BCUT2D eigenvalue weighted by Crippen LogP contribution is -2.31. The second-order valence-electron chi connectivity index (χ2n) is 4.21. The molecule has 0 aliphatic rings. The van der Waals surface area contributed by atoms with E-state index in [4.69, 9.17) is 20.4 Å². The van der Waals surface area contributed by atoms with Crippen molar-refractivity contribution >= 4 is 11.9 Å². The molecule has 0 aromatic rings. The SMILES string of the molecule is C=CC(=O)O.C=CC(=O)O.CC(C)C(C)(CO)CO. The summed E-state index contributed by atoms with van der Waals surface area (Å²) in [5.41, 5.74) is -0.306. The van der Waals surface area contributed by atoms with Crippen molar-refractivity contribution in [2.75, 3.05) is 13.2 Å². The fourth-order valence-electron chi connectivity index (χ4n) is 0.415. The monoisotopic (exact) mass is 276 g/mol. The Balaban J connectivity index is -0.000000219. The molecule has 0 amide bonds. The summed E-state index contributed by atoms with van der Waals surface area (Å²) in [6, 6.07) is 0. The zero-order valence-corrected chi connectivity index (χ0v) is 11.7. The third-order valence-corrected chi connectivity index (χ3v) is 2.47. The fourth-order valence-corrected chi connectivity index (χ4v) is 0.415. The van der Waals surface area contributed by atoms with Gasteiger partial charge in [0.2, 0.25) is 0 Å². The number of hydrogen-bond acceptors (Lipinski definition) is 4. The number of aliphatic hydroxyl groups excluding tert-OH is 2. The molecule has 0 fully saturated rings. The van der Waals surface area contributed by atoms with Crippen molar-refractivity contribution in [2.45, 2.75) is 20.8 Å². The molecule has 0 saturated heterocycles. The maximum Gasteiger partial charge on any atom is 0.327 e. The number of carboxylic acid groups (broad SMARTS) is 2. The van der Waals surface area contributed by atoms with Crippen LogP contribution in [-0.4, -0.2) is 45.6 Å². The Labute approximate surface area is 113 Å². The van der Waals surface area contributed by atoms with E-state index in [2.05, 4.69) is 13.2 Å². The van der Waals surface area contributed by atoms with Gasteiger partial charge in [0.1, 0.15) is 0 Å². The number of rotatable bonds is 5. The molecule has 0 aromatic heterocycles. The topological polar surface area (TPSA) is 115 Å². The van der Waals surface area contributed by atoms with Crippen LogP contribution in [0.2, 0.25) is 0 Å². The predicted molar refractivity (Wildman–Crippen MR) is 72.8 cm³/mol. The second-order valence-corrected chi connectivity index (χ2v) is 4.21. The summed E-state index contributed by atoms with van der Waals surface area (Å²) < 4.78 is 0. The number of aliphatic carboxylic acids is 2. The van der Waals surface area contributed by atoms with Crippen LogP contribution in [-0.2, 0) is 9.59 Å². The van der Waals surface area contributed by atoms with Crippen LogP contribution < -0.4 is 0 Å². The van der Waals surface area contributed by atoms with Crippen molar-refractivity contribution in [1.82, 2.24) is 0 Å². The lowest BCUT2D eigenvalue weighted by molar-refractivity contribution is -0.132.